The standard InChI is InChI=1S/C14H11N5O2S/c15-11-10-13(22-12(17-10)9-4-2-6-21-9)19-14(18-11)16-7-8-3-1-5-20-8/h1-6H,7H2,(H3,15,16,18,19). The summed E-state index contributed by atoms with van der Waals surface area (Å²) in [6, 6.07) is 7.36. The third kappa shape index (κ3) is 2.29. The second kappa shape index (κ2) is 5.15. The third-order valence-corrected chi connectivity index (χ3v) is 3.98. The largest absolute Gasteiger partial charge is 0.467 e. The SMILES string of the molecule is Nc1nc(NCc2ccco2)nc2sc(-c3ccco3)nc12. The van der Waals surface area contributed by atoms with Gasteiger partial charge in [0.25, 0.3) is 0 Å². The minimum absolute atomic E-state index is 0.334. The molecule has 0 aliphatic heterocycles. The molecule has 0 bridgehead atoms. The summed E-state index contributed by atoms with van der Waals surface area (Å²) in [6.45, 7) is 0.488. The second-order valence-corrected chi connectivity index (χ2v) is 5.49. The Morgan fingerprint density at radius 1 is 1.09 bits per heavy atom. The van der Waals surface area contributed by atoms with Gasteiger partial charge in [0.15, 0.2) is 21.4 Å². The fourth-order valence-corrected chi connectivity index (χ4v) is 2.92. The van der Waals surface area contributed by atoms with Gasteiger partial charge in [-0.1, -0.05) is 11.3 Å². The lowest BCUT2D eigenvalue weighted by Gasteiger charge is -2.03. The molecule has 0 fully saturated rings. The van der Waals surface area contributed by atoms with Gasteiger partial charge in [-0.25, -0.2) is 9.97 Å². The highest BCUT2D eigenvalue weighted by atomic mass is 32.1. The van der Waals surface area contributed by atoms with Gasteiger partial charge in [0.2, 0.25) is 5.95 Å². The fraction of sp³-hybridized carbons (Fsp3) is 0.0714. The maximum absolute atomic E-state index is 5.97. The summed E-state index contributed by atoms with van der Waals surface area (Å²) in [5, 5.41) is 3.81. The number of nitrogens with zero attached hydrogens (tertiary/aromatic N) is 3. The predicted molar refractivity (Wildman–Crippen MR) is 83.4 cm³/mol. The van der Waals surface area contributed by atoms with Gasteiger partial charge in [0.1, 0.15) is 11.3 Å². The topological polar surface area (TPSA) is 103 Å². The molecule has 0 aliphatic carbocycles. The van der Waals surface area contributed by atoms with E-state index in [1.807, 2.05) is 24.3 Å². The molecule has 0 unspecified atom stereocenters. The van der Waals surface area contributed by atoms with Crippen LogP contribution in [0.4, 0.5) is 11.8 Å². The van der Waals surface area contributed by atoms with Crippen LogP contribution in [0.3, 0.4) is 0 Å². The zero-order valence-electron chi connectivity index (χ0n) is 11.3. The lowest BCUT2D eigenvalue weighted by atomic mass is 10.4. The molecule has 7 nitrogen and oxygen atoms in total. The predicted octanol–water partition coefficient (Wildman–Crippen LogP) is 3.13. The Labute approximate surface area is 128 Å². The van der Waals surface area contributed by atoms with Crippen molar-refractivity contribution < 1.29 is 8.83 Å². The highest BCUT2D eigenvalue weighted by molar-refractivity contribution is 7.21. The lowest BCUT2D eigenvalue weighted by Crippen LogP contribution is -2.04. The summed E-state index contributed by atoms with van der Waals surface area (Å²) in [7, 11) is 0. The summed E-state index contributed by atoms with van der Waals surface area (Å²) in [4.78, 5) is 13.8. The number of aromatic nitrogens is 3. The van der Waals surface area contributed by atoms with Crippen LogP contribution in [0, 0.1) is 0 Å². The molecule has 0 saturated carbocycles. The third-order valence-electron chi connectivity index (χ3n) is 3.02. The zero-order chi connectivity index (χ0) is 14.9. The number of nitrogens with two attached hydrogens (primary N) is 1. The van der Waals surface area contributed by atoms with E-state index in [1.165, 1.54) is 11.3 Å². The number of thiazole rings is 1. The van der Waals surface area contributed by atoms with Crippen molar-refractivity contribution in [3.8, 4) is 10.8 Å². The first-order chi connectivity index (χ1) is 10.8. The second-order valence-electron chi connectivity index (χ2n) is 4.52. The van der Waals surface area contributed by atoms with Crippen LogP contribution < -0.4 is 11.1 Å². The monoisotopic (exact) mass is 313 g/mol. The van der Waals surface area contributed by atoms with Crippen molar-refractivity contribution in [2.24, 2.45) is 0 Å². The van der Waals surface area contributed by atoms with Crippen LogP contribution in [0.5, 0.6) is 0 Å². The Bertz CT molecular complexity index is 899. The number of anilines is 2. The Balaban J connectivity index is 1.66. The molecule has 4 aromatic rings. The first-order valence-electron chi connectivity index (χ1n) is 6.54. The van der Waals surface area contributed by atoms with Crippen LogP contribution in [0.25, 0.3) is 21.1 Å². The molecule has 4 aromatic heterocycles. The average Bonchev–Trinajstić information content (AvgIpc) is 3.25. The van der Waals surface area contributed by atoms with Gasteiger partial charge in [-0.05, 0) is 24.3 Å². The van der Waals surface area contributed by atoms with E-state index in [9.17, 15) is 0 Å². The molecular weight excluding hydrogens is 302 g/mol. The number of rotatable bonds is 4. The van der Waals surface area contributed by atoms with Crippen molar-refractivity contribution >= 4 is 33.5 Å². The van der Waals surface area contributed by atoms with Gasteiger partial charge >= 0.3 is 0 Å². The molecular formula is C14H11N5O2S. The molecule has 4 rings (SSSR count). The van der Waals surface area contributed by atoms with E-state index >= 15 is 0 Å². The molecule has 22 heavy (non-hydrogen) atoms. The molecule has 0 atom stereocenters. The molecule has 0 radical (unpaired) electrons. The van der Waals surface area contributed by atoms with Gasteiger partial charge in [-0.15, -0.1) is 0 Å². The molecule has 0 saturated heterocycles. The van der Waals surface area contributed by atoms with Crippen molar-refractivity contribution in [3.63, 3.8) is 0 Å². The summed E-state index contributed by atoms with van der Waals surface area (Å²) >= 11 is 1.41. The fourth-order valence-electron chi connectivity index (χ4n) is 2.01. The Kier molecular flexibility index (Phi) is 3.01. The molecule has 0 aromatic carbocycles. The van der Waals surface area contributed by atoms with E-state index in [0.717, 1.165) is 10.8 Å². The van der Waals surface area contributed by atoms with Gasteiger partial charge in [-0.3, -0.25) is 0 Å². The first-order valence-corrected chi connectivity index (χ1v) is 7.35. The first kappa shape index (κ1) is 12.8. The smallest absolute Gasteiger partial charge is 0.226 e. The highest BCUT2D eigenvalue weighted by Gasteiger charge is 2.14. The van der Waals surface area contributed by atoms with Crippen LogP contribution in [0.1, 0.15) is 5.76 Å². The minimum Gasteiger partial charge on any atom is -0.467 e. The van der Waals surface area contributed by atoms with Crippen molar-refractivity contribution in [2.75, 3.05) is 11.1 Å². The maximum Gasteiger partial charge on any atom is 0.226 e. The molecule has 4 heterocycles. The van der Waals surface area contributed by atoms with Crippen molar-refractivity contribution in [1.82, 2.24) is 15.0 Å². The normalized spacial score (nSPS) is 11.1. The number of hydrogen-bond donors (Lipinski definition) is 2. The Morgan fingerprint density at radius 3 is 2.73 bits per heavy atom. The highest BCUT2D eigenvalue weighted by Crippen LogP contribution is 2.31. The van der Waals surface area contributed by atoms with Crippen LogP contribution in [0.2, 0.25) is 0 Å². The van der Waals surface area contributed by atoms with Gasteiger partial charge in [-0.2, -0.15) is 4.98 Å². The van der Waals surface area contributed by atoms with E-state index in [-0.39, 0.29) is 0 Å². The molecule has 110 valence electrons. The van der Waals surface area contributed by atoms with Gasteiger partial charge in [0.05, 0.1) is 19.1 Å². The van der Waals surface area contributed by atoms with Crippen LogP contribution in [-0.2, 0) is 6.54 Å². The quantitative estimate of drug-likeness (QED) is 0.596. The van der Waals surface area contributed by atoms with Crippen LogP contribution in [0.15, 0.2) is 45.6 Å². The molecule has 0 spiro atoms. The lowest BCUT2D eigenvalue weighted by molar-refractivity contribution is 0.517. The number of nitrogen functional groups attached to an aromatic ring is 1. The van der Waals surface area contributed by atoms with Crippen molar-refractivity contribution in [2.45, 2.75) is 6.54 Å². The van der Waals surface area contributed by atoms with Crippen LogP contribution >= 0.6 is 11.3 Å². The number of furan rings is 2. The summed E-state index contributed by atoms with van der Waals surface area (Å²) in [5.41, 5.74) is 6.56. The summed E-state index contributed by atoms with van der Waals surface area (Å²) in [5.74, 6) is 2.26. The van der Waals surface area contributed by atoms with Crippen molar-refractivity contribution in [1.29, 1.82) is 0 Å². The Morgan fingerprint density at radius 2 is 1.95 bits per heavy atom. The van der Waals surface area contributed by atoms with E-state index in [2.05, 4.69) is 20.3 Å². The number of hydrogen-bond acceptors (Lipinski definition) is 8. The van der Waals surface area contributed by atoms with E-state index < -0.39 is 0 Å². The molecule has 3 N–H and O–H groups in total. The molecule has 8 heteroatoms. The summed E-state index contributed by atoms with van der Waals surface area (Å²) in [6.07, 6.45) is 3.22. The summed E-state index contributed by atoms with van der Waals surface area (Å²) < 4.78 is 10.6. The van der Waals surface area contributed by atoms with Gasteiger partial charge in [0, 0.05) is 0 Å². The maximum atomic E-state index is 5.97. The van der Waals surface area contributed by atoms with Crippen molar-refractivity contribution in [3.05, 3.63) is 42.6 Å². The number of nitrogens with one attached hydrogen (secondary N) is 1. The number of fused-ring (bicyclic) bond motifs is 1. The minimum atomic E-state index is 0.334. The van der Waals surface area contributed by atoms with E-state index in [1.54, 1.807) is 12.5 Å². The van der Waals surface area contributed by atoms with E-state index in [0.29, 0.717) is 34.4 Å². The zero-order valence-corrected chi connectivity index (χ0v) is 12.1. The van der Waals surface area contributed by atoms with Gasteiger partial charge < -0.3 is 19.9 Å². The average molecular weight is 313 g/mol. The Hall–Kier alpha value is -2.87. The molecule has 0 aliphatic rings. The van der Waals surface area contributed by atoms with E-state index in [4.69, 9.17) is 14.6 Å². The molecule has 0 amide bonds. The van der Waals surface area contributed by atoms with Crippen LogP contribution in [-0.4, -0.2) is 15.0 Å².